The van der Waals surface area contributed by atoms with Gasteiger partial charge in [-0.05, 0) is 73.6 Å². The first kappa shape index (κ1) is 22.9. The second-order valence-corrected chi connectivity index (χ2v) is 12.0. The number of hydrogen-bond acceptors (Lipinski definition) is 6. The van der Waals surface area contributed by atoms with Crippen LogP contribution in [-0.2, 0) is 16.1 Å². The molecule has 6 rings (SSSR count). The van der Waals surface area contributed by atoms with Crippen LogP contribution in [0.25, 0.3) is 10.9 Å². The molecule has 1 aromatic heterocycles. The number of aryl methyl sites for hydroxylation is 2. The third-order valence-electron chi connectivity index (χ3n) is 6.91. The largest absolute Gasteiger partial charge is 0.483 e. The van der Waals surface area contributed by atoms with Gasteiger partial charge in [0, 0.05) is 23.0 Å². The maximum atomic E-state index is 14.2. The highest BCUT2D eigenvalue weighted by molar-refractivity contribution is 7.93. The van der Waals surface area contributed by atoms with Crippen LogP contribution in [0.4, 0.5) is 21.6 Å². The Morgan fingerprint density at radius 1 is 1.08 bits per heavy atom. The number of rotatable bonds is 5. The van der Waals surface area contributed by atoms with Crippen LogP contribution in [0.2, 0.25) is 0 Å². The summed E-state index contributed by atoms with van der Waals surface area (Å²) in [7, 11) is -2.18. The molecule has 184 valence electrons. The van der Waals surface area contributed by atoms with E-state index in [-0.39, 0.29) is 11.9 Å². The van der Waals surface area contributed by atoms with Crippen molar-refractivity contribution in [3.63, 3.8) is 0 Å². The highest BCUT2D eigenvalue weighted by Gasteiger charge is 2.25. The molecule has 8 heteroatoms. The lowest BCUT2D eigenvalue weighted by molar-refractivity contribution is 0.208. The molecule has 2 heterocycles. The summed E-state index contributed by atoms with van der Waals surface area (Å²) in [6.07, 6.45) is 5.06. The van der Waals surface area contributed by atoms with E-state index in [1.165, 1.54) is 24.0 Å². The van der Waals surface area contributed by atoms with Crippen LogP contribution in [0.1, 0.15) is 42.1 Å². The van der Waals surface area contributed by atoms with Crippen LogP contribution in [0.3, 0.4) is 0 Å². The van der Waals surface area contributed by atoms with Crippen molar-refractivity contribution in [1.29, 1.82) is 0 Å². The van der Waals surface area contributed by atoms with Crippen LogP contribution in [0, 0.1) is 12.7 Å². The third-order valence-corrected chi connectivity index (χ3v) is 9.31. The fourth-order valence-corrected chi connectivity index (χ4v) is 7.37. The molecule has 1 aliphatic heterocycles. The molecule has 0 radical (unpaired) electrons. The van der Waals surface area contributed by atoms with Crippen LogP contribution in [0.5, 0.6) is 5.75 Å². The van der Waals surface area contributed by atoms with Gasteiger partial charge in [0.2, 0.25) is 0 Å². The van der Waals surface area contributed by atoms with Gasteiger partial charge in [-0.15, -0.1) is 0 Å². The van der Waals surface area contributed by atoms with E-state index in [1.54, 1.807) is 6.07 Å². The molecular weight excluding hydrogens is 475 g/mol. The van der Waals surface area contributed by atoms with Crippen molar-refractivity contribution < 1.29 is 13.3 Å². The van der Waals surface area contributed by atoms with Crippen molar-refractivity contribution in [1.82, 2.24) is 9.97 Å². The molecule has 1 N–H and O–H groups in total. The van der Waals surface area contributed by atoms with E-state index in [2.05, 4.69) is 31.8 Å². The number of ether oxygens (including phenoxy) is 1. The standard InChI is InChI=1S/C28H27FN4O2S/c1-18-14-21(33-36(34)12-4-5-13-36)16-24-27(18)28(31-17-30-24)32-23-10-9-20(29)15-26(23)35-25-11-8-19-6-2-3-7-22(19)25/h2-3,6-7,9-10,14-17,25H,4-5,8,11-13H2,1H3,(H,30,31,32). The fraction of sp³-hybridized carbons (Fsp3) is 0.286. The maximum absolute atomic E-state index is 14.2. The Balaban J connectivity index is 1.35. The molecule has 36 heavy (non-hydrogen) atoms. The smallest absolute Gasteiger partial charge is 0.146 e. The number of aromatic nitrogens is 2. The van der Waals surface area contributed by atoms with Crippen LogP contribution < -0.4 is 10.1 Å². The lowest BCUT2D eigenvalue weighted by Crippen LogP contribution is -2.06. The molecule has 3 aromatic carbocycles. The highest BCUT2D eigenvalue weighted by Crippen LogP contribution is 2.39. The van der Waals surface area contributed by atoms with Gasteiger partial charge < -0.3 is 10.1 Å². The van der Waals surface area contributed by atoms with Crippen molar-refractivity contribution in [2.75, 3.05) is 16.8 Å². The van der Waals surface area contributed by atoms with Crippen molar-refractivity contribution in [2.24, 2.45) is 4.36 Å². The fourth-order valence-electron chi connectivity index (χ4n) is 5.18. The predicted molar refractivity (Wildman–Crippen MR) is 141 cm³/mol. The number of halogens is 1. The topological polar surface area (TPSA) is 76.5 Å². The first-order valence-electron chi connectivity index (χ1n) is 12.3. The van der Waals surface area contributed by atoms with Gasteiger partial charge in [0.15, 0.2) is 0 Å². The van der Waals surface area contributed by atoms with Gasteiger partial charge in [0.25, 0.3) is 0 Å². The third kappa shape index (κ3) is 4.41. The second kappa shape index (κ2) is 9.17. The summed E-state index contributed by atoms with van der Waals surface area (Å²) in [6.45, 7) is 1.97. The monoisotopic (exact) mass is 502 g/mol. The quantitative estimate of drug-likeness (QED) is 0.325. The molecule has 0 spiro atoms. The molecule has 1 atom stereocenters. The Morgan fingerprint density at radius 2 is 1.92 bits per heavy atom. The van der Waals surface area contributed by atoms with E-state index in [4.69, 9.17) is 4.74 Å². The summed E-state index contributed by atoms with van der Waals surface area (Å²) in [4.78, 5) is 8.93. The minimum atomic E-state index is -2.18. The first-order valence-corrected chi connectivity index (χ1v) is 14.1. The van der Waals surface area contributed by atoms with Gasteiger partial charge in [0.1, 0.15) is 29.8 Å². The summed E-state index contributed by atoms with van der Waals surface area (Å²) in [6, 6.07) is 16.5. The summed E-state index contributed by atoms with van der Waals surface area (Å²) >= 11 is 0. The zero-order valence-corrected chi connectivity index (χ0v) is 20.9. The van der Waals surface area contributed by atoms with Crippen molar-refractivity contribution >= 4 is 37.8 Å². The molecule has 6 nitrogen and oxygen atoms in total. The average Bonchev–Trinajstić information content (AvgIpc) is 3.47. The predicted octanol–water partition coefficient (Wildman–Crippen LogP) is 6.78. The van der Waals surface area contributed by atoms with Crippen molar-refractivity contribution in [2.45, 2.75) is 38.7 Å². The zero-order chi connectivity index (χ0) is 24.7. The Hall–Kier alpha value is -3.52. The van der Waals surface area contributed by atoms with E-state index < -0.39 is 9.73 Å². The number of fused-ring (bicyclic) bond motifs is 2. The molecule has 2 aliphatic rings. The summed E-state index contributed by atoms with van der Waals surface area (Å²) in [5.41, 5.74) is 5.36. The lowest BCUT2D eigenvalue weighted by atomic mass is 10.1. The second-order valence-electron chi connectivity index (χ2n) is 9.47. The van der Waals surface area contributed by atoms with E-state index in [0.29, 0.717) is 40.0 Å². The van der Waals surface area contributed by atoms with Crippen molar-refractivity contribution in [3.05, 3.63) is 83.4 Å². The van der Waals surface area contributed by atoms with Crippen LogP contribution in [-0.4, -0.2) is 25.7 Å². The number of nitrogens with one attached hydrogen (secondary N) is 1. The Bertz CT molecular complexity index is 1580. The van der Waals surface area contributed by atoms with E-state index >= 15 is 0 Å². The Kier molecular flexibility index (Phi) is 5.84. The molecular formula is C28H27FN4O2S. The summed E-state index contributed by atoms with van der Waals surface area (Å²) in [5.74, 6) is 1.97. The van der Waals surface area contributed by atoms with E-state index in [9.17, 15) is 8.60 Å². The van der Waals surface area contributed by atoms with Gasteiger partial charge in [-0.3, -0.25) is 0 Å². The normalized spacial score (nSPS) is 18.2. The van der Waals surface area contributed by atoms with Crippen LogP contribution >= 0.6 is 0 Å². The molecule has 0 saturated carbocycles. The maximum Gasteiger partial charge on any atom is 0.146 e. The van der Waals surface area contributed by atoms with Gasteiger partial charge in [-0.1, -0.05) is 24.3 Å². The van der Waals surface area contributed by atoms with Gasteiger partial charge in [-0.2, -0.15) is 4.36 Å². The molecule has 1 saturated heterocycles. The van der Waals surface area contributed by atoms with Gasteiger partial charge in [-0.25, -0.2) is 18.6 Å². The number of benzene rings is 3. The molecule has 0 amide bonds. The number of hydrogen-bond donors (Lipinski definition) is 1. The average molecular weight is 503 g/mol. The number of anilines is 2. The molecule has 1 unspecified atom stereocenters. The first-order chi connectivity index (χ1) is 17.5. The molecule has 0 bridgehead atoms. The zero-order valence-electron chi connectivity index (χ0n) is 20.0. The molecule has 1 fully saturated rings. The molecule has 4 aromatic rings. The summed E-state index contributed by atoms with van der Waals surface area (Å²) < 4.78 is 38.1. The SMILES string of the molecule is Cc1cc(N=S2(=O)CCCC2)cc2ncnc(Nc3ccc(F)cc3OC3CCc4ccccc43)c12. The summed E-state index contributed by atoms with van der Waals surface area (Å²) in [5, 5.41) is 4.18. The highest BCUT2D eigenvalue weighted by atomic mass is 32.2. The van der Waals surface area contributed by atoms with E-state index in [0.717, 1.165) is 42.2 Å². The Morgan fingerprint density at radius 3 is 2.78 bits per heavy atom. The van der Waals surface area contributed by atoms with Crippen LogP contribution in [0.15, 0.2) is 65.3 Å². The number of nitrogens with zero attached hydrogens (tertiary/aromatic N) is 3. The molecule has 1 aliphatic carbocycles. The lowest BCUT2D eigenvalue weighted by Gasteiger charge is -2.19. The van der Waals surface area contributed by atoms with Gasteiger partial charge >= 0.3 is 0 Å². The van der Waals surface area contributed by atoms with Crippen molar-refractivity contribution in [3.8, 4) is 5.75 Å². The Labute approximate surface area is 210 Å². The minimum Gasteiger partial charge on any atom is -0.483 e. The van der Waals surface area contributed by atoms with Gasteiger partial charge in [0.05, 0.1) is 26.6 Å². The minimum absolute atomic E-state index is 0.130. The van der Waals surface area contributed by atoms with E-state index in [1.807, 2.05) is 31.2 Å².